The number of allylic oxidation sites excluding steroid dienone is 1. The van der Waals surface area contributed by atoms with Crippen LogP contribution < -0.4 is 5.32 Å². The van der Waals surface area contributed by atoms with Gasteiger partial charge in [0.1, 0.15) is 5.82 Å². The number of nitrogens with one attached hydrogen (secondary N) is 1. The fourth-order valence-corrected chi connectivity index (χ4v) is 3.89. The lowest BCUT2D eigenvalue weighted by atomic mass is 10.1. The molecule has 1 N–H and O–H groups in total. The third-order valence-corrected chi connectivity index (χ3v) is 5.65. The molecule has 3 aromatic rings. The molecule has 142 valence electrons. The van der Waals surface area contributed by atoms with Crippen molar-refractivity contribution < 1.29 is 4.79 Å². The Bertz CT molecular complexity index is 962. The van der Waals surface area contributed by atoms with E-state index in [1.54, 1.807) is 11.8 Å². The monoisotopic (exact) mass is 390 g/mol. The molecule has 0 spiro atoms. The summed E-state index contributed by atoms with van der Waals surface area (Å²) in [5.74, 6) is 2.31. The maximum atomic E-state index is 12.3. The van der Waals surface area contributed by atoms with E-state index in [0.717, 1.165) is 34.5 Å². The average Bonchev–Trinajstić information content (AvgIpc) is 3.49. The van der Waals surface area contributed by atoms with Crippen molar-refractivity contribution in [1.29, 1.82) is 0 Å². The molecule has 4 rings (SSSR count). The van der Waals surface area contributed by atoms with Crippen LogP contribution in [0.25, 0.3) is 0 Å². The highest BCUT2D eigenvalue weighted by Crippen LogP contribution is 2.40. The largest absolute Gasteiger partial charge is 0.322 e. The van der Waals surface area contributed by atoms with Gasteiger partial charge in [0.25, 0.3) is 5.91 Å². The minimum Gasteiger partial charge on any atom is -0.322 e. The van der Waals surface area contributed by atoms with Crippen LogP contribution in [0.2, 0.25) is 0 Å². The predicted octanol–water partition coefficient (Wildman–Crippen LogP) is 4.89. The van der Waals surface area contributed by atoms with Crippen LogP contribution in [0.3, 0.4) is 0 Å². The van der Waals surface area contributed by atoms with Crippen LogP contribution in [0.15, 0.2) is 72.4 Å². The summed E-state index contributed by atoms with van der Waals surface area (Å²) in [5.41, 5.74) is 2.57. The average molecular weight is 391 g/mol. The Morgan fingerprint density at radius 3 is 2.57 bits per heavy atom. The molecule has 0 bridgehead atoms. The number of carbonyl (C=O) groups is 1. The molecule has 0 aliphatic heterocycles. The van der Waals surface area contributed by atoms with Gasteiger partial charge < -0.3 is 9.88 Å². The Labute approximate surface area is 168 Å². The number of rotatable bonds is 8. The number of aromatic nitrogens is 3. The van der Waals surface area contributed by atoms with Gasteiger partial charge in [-0.05, 0) is 42.7 Å². The Balaban J connectivity index is 1.38. The molecule has 1 amide bonds. The Hall–Kier alpha value is -2.86. The topological polar surface area (TPSA) is 59.8 Å². The van der Waals surface area contributed by atoms with E-state index < -0.39 is 0 Å². The summed E-state index contributed by atoms with van der Waals surface area (Å²) in [7, 11) is 0. The molecular formula is C22H22N4OS. The lowest BCUT2D eigenvalue weighted by Gasteiger charge is -2.08. The normalized spacial score (nSPS) is 13.3. The molecular weight excluding hydrogens is 368 g/mol. The van der Waals surface area contributed by atoms with Gasteiger partial charge in [-0.25, -0.2) is 0 Å². The zero-order valence-electron chi connectivity index (χ0n) is 15.5. The smallest absolute Gasteiger partial charge is 0.255 e. The van der Waals surface area contributed by atoms with Gasteiger partial charge in [-0.1, -0.05) is 48.2 Å². The van der Waals surface area contributed by atoms with Crippen LogP contribution in [-0.2, 0) is 12.3 Å². The van der Waals surface area contributed by atoms with Gasteiger partial charge in [-0.2, -0.15) is 0 Å². The summed E-state index contributed by atoms with van der Waals surface area (Å²) < 4.78 is 2.16. The van der Waals surface area contributed by atoms with Crippen LogP contribution in [0.1, 0.15) is 40.5 Å². The van der Waals surface area contributed by atoms with E-state index in [0.29, 0.717) is 11.5 Å². The number of nitrogens with zero attached hydrogens (tertiary/aromatic N) is 3. The minimum atomic E-state index is -0.106. The highest BCUT2D eigenvalue weighted by molar-refractivity contribution is 7.98. The van der Waals surface area contributed by atoms with E-state index >= 15 is 0 Å². The first-order valence-electron chi connectivity index (χ1n) is 9.36. The second-order valence-corrected chi connectivity index (χ2v) is 7.76. The maximum Gasteiger partial charge on any atom is 0.255 e. The fourth-order valence-electron chi connectivity index (χ4n) is 2.98. The van der Waals surface area contributed by atoms with Gasteiger partial charge in [0.15, 0.2) is 5.16 Å². The first-order chi connectivity index (χ1) is 13.7. The lowest BCUT2D eigenvalue weighted by molar-refractivity contribution is 0.102. The van der Waals surface area contributed by atoms with Gasteiger partial charge in [0.2, 0.25) is 0 Å². The van der Waals surface area contributed by atoms with Crippen LogP contribution in [0, 0.1) is 0 Å². The molecule has 1 aliphatic carbocycles. The highest BCUT2D eigenvalue weighted by Gasteiger charge is 2.30. The molecule has 28 heavy (non-hydrogen) atoms. The van der Waals surface area contributed by atoms with E-state index in [-0.39, 0.29) is 5.91 Å². The third-order valence-electron chi connectivity index (χ3n) is 4.62. The number of thioether (sulfide) groups is 1. The molecule has 0 unspecified atom stereocenters. The summed E-state index contributed by atoms with van der Waals surface area (Å²) in [6.07, 6.45) is 4.29. The first-order valence-corrected chi connectivity index (χ1v) is 10.4. The lowest BCUT2D eigenvalue weighted by Crippen LogP contribution is -2.11. The van der Waals surface area contributed by atoms with Crippen LogP contribution in [0.4, 0.5) is 5.69 Å². The van der Waals surface area contributed by atoms with Crippen molar-refractivity contribution in [3.63, 3.8) is 0 Å². The zero-order valence-corrected chi connectivity index (χ0v) is 16.4. The van der Waals surface area contributed by atoms with E-state index in [2.05, 4.69) is 26.7 Å². The summed E-state index contributed by atoms with van der Waals surface area (Å²) in [5, 5.41) is 12.6. The second-order valence-electron chi connectivity index (χ2n) is 6.82. The molecule has 1 fully saturated rings. The molecule has 0 saturated heterocycles. The molecule has 1 aromatic heterocycles. The second kappa shape index (κ2) is 8.44. The van der Waals surface area contributed by atoms with Crippen LogP contribution in [-0.4, -0.2) is 20.7 Å². The van der Waals surface area contributed by atoms with E-state index in [1.807, 2.05) is 60.7 Å². The molecule has 5 nitrogen and oxygen atoms in total. The zero-order chi connectivity index (χ0) is 19.3. The predicted molar refractivity (Wildman–Crippen MR) is 113 cm³/mol. The van der Waals surface area contributed by atoms with Crippen molar-refractivity contribution in [2.24, 2.45) is 0 Å². The van der Waals surface area contributed by atoms with Crippen molar-refractivity contribution in [2.45, 2.75) is 36.2 Å². The highest BCUT2D eigenvalue weighted by atomic mass is 32.2. The number of para-hydroxylation sites is 1. The quantitative estimate of drug-likeness (QED) is 0.440. The standard InChI is InChI=1S/C22H22N4OS/c1-2-14-26-20(17-12-13-17)24-25-22(26)28-15-16-8-10-18(11-9-16)21(27)23-19-6-4-3-5-7-19/h2-11,17H,1,12-15H2,(H,23,27). The summed E-state index contributed by atoms with van der Waals surface area (Å²) in [4.78, 5) is 12.3. The number of amides is 1. The molecule has 1 heterocycles. The number of hydrogen-bond donors (Lipinski definition) is 1. The molecule has 6 heteroatoms. The van der Waals surface area contributed by atoms with Gasteiger partial charge in [0.05, 0.1) is 0 Å². The van der Waals surface area contributed by atoms with Crippen molar-refractivity contribution in [3.05, 3.63) is 84.2 Å². The number of carbonyl (C=O) groups excluding carboxylic acids is 1. The molecule has 2 aromatic carbocycles. The minimum absolute atomic E-state index is 0.106. The maximum absolute atomic E-state index is 12.3. The number of anilines is 1. The van der Waals surface area contributed by atoms with Crippen molar-refractivity contribution in [1.82, 2.24) is 14.8 Å². The van der Waals surface area contributed by atoms with Crippen molar-refractivity contribution in [2.75, 3.05) is 5.32 Å². The molecule has 1 aliphatic rings. The van der Waals surface area contributed by atoms with Crippen molar-refractivity contribution in [3.8, 4) is 0 Å². The Morgan fingerprint density at radius 1 is 1.14 bits per heavy atom. The van der Waals surface area contributed by atoms with Crippen LogP contribution in [0.5, 0.6) is 0 Å². The molecule has 1 saturated carbocycles. The van der Waals surface area contributed by atoms with Crippen LogP contribution >= 0.6 is 11.8 Å². The fraction of sp³-hybridized carbons (Fsp3) is 0.227. The number of benzene rings is 2. The third kappa shape index (κ3) is 4.34. The summed E-state index contributed by atoms with van der Waals surface area (Å²) in [6.45, 7) is 4.58. The van der Waals surface area contributed by atoms with Gasteiger partial charge >= 0.3 is 0 Å². The van der Waals surface area contributed by atoms with Gasteiger partial charge in [-0.15, -0.1) is 16.8 Å². The number of hydrogen-bond acceptors (Lipinski definition) is 4. The van der Waals surface area contributed by atoms with Gasteiger partial charge in [-0.3, -0.25) is 4.79 Å². The van der Waals surface area contributed by atoms with E-state index in [9.17, 15) is 4.79 Å². The van der Waals surface area contributed by atoms with Crippen molar-refractivity contribution >= 4 is 23.4 Å². The summed E-state index contributed by atoms with van der Waals surface area (Å²) in [6, 6.07) is 17.2. The molecule has 0 atom stereocenters. The van der Waals surface area contributed by atoms with Gasteiger partial charge in [0, 0.05) is 29.5 Å². The first kappa shape index (κ1) is 18.5. The Kier molecular flexibility index (Phi) is 5.58. The van der Waals surface area contributed by atoms with E-state index in [4.69, 9.17) is 0 Å². The SMILES string of the molecule is C=CCn1c(SCc2ccc(C(=O)Nc3ccccc3)cc2)nnc1C1CC1. The summed E-state index contributed by atoms with van der Waals surface area (Å²) >= 11 is 1.66. The molecule has 0 radical (unpaired) electrons. The Morgan fingerprint density at radius 2 is 1.89 bits per heavy atom. The van der Waals surface area contributed by atoms with E-state index in [1.165, 1.54) is 12.8 Å².